The van der Waals surface area contributed by atoms with Crippen LogP contribution in [0.15, 0.2) is 66.4 Å². The Labute approximate surface area is 127 Å². The lowest BCUT2D eigenvalue weighted by atomic mass is 10.0. The van der Waals surface area contributed by atoms with E-state index in [2.05, 4.69) is 10.6 Å². The Hall–Kier alpha value is -3.08. The van der Waals surface area contributed by atoms with Gasteiger partial charge in [0.2, 0.25) is 0 Å². The lowest BCUT2D eigenvalue weighted by Gasteiger charge is -2.16. The fourth-order valence-electron chi connectivity index (χ4n) is 2.33. The average molecular weight is 294 g/mol. The molecule has 0 spiro atoms. The molecule has 0 bridgehead atoms. The van der Waals surface area contributed by atoms with E-state index in [0.29, 0.717) is 16.8 Å². The number of carbonyl (C=O) groups excluding carboxylic acids is 2. The maximum atomic E-state index is 12.3. The SMILES string of the molecule is O=C1Nc2ccccc2C(NC(=O)c2ccccc2)C=C1O. The first kappa shape index (κ1) is 13.9. The van der Waals surface area contributed by atoms with Gasteiger partial charge in [-0.3, -0.25) is 9.59 Å². The normalized spacial score (nSPS) is 16.8. The Morgan fingerprint density at radius 1 is 1.05 bits per heavy atom. The Morgan fingerprint density at radius 3 is 2.50 bits per heavy atom. The van der Waals surface area contributed by atoms with Crippen LogP contribution >= 0.6 is 0 Å². The van der Waals surface area contributed by atoms with Gasteiger partial charge in [-0.15, -0.1) is 0 Å². The second kappa shape index (κ2) is 5.73. The Balaban J connectivity index is 1.94. The number of aliphatic hydroxyl groups is 1. The van der Waals surface area contributed by atoms with Crippen LogP contribution in [0.3, 0.4) is 0 Å². The molecule has 5 nitrogen and oxygen atoms in total. The van der Waals surface area contributed by atoms with E-state index in [-0.39, 0.29) is 5.91 Å². The van der Waals surface area contributed by atoms with Crippen LogP contribution in [0.25, 0.3) is 0 Å². The van der Waals surface area contributed by atoms with Crippen LogP contribution in [-0.4, -0.2) is 16.9 Å². The zero-order valence-corrected chi connectivity index (χ0v) is 11.6. The van der Waals surface area contributed by atoms with Gasteiger partial charge < -0.3 is 15.7 Å². The largest absolute Gasteiger partial charge is 0.503 e. The van der Waals surface area contributed by atoms with E-state index in [1.54, 1.807) is 42.5 Å². The maximum Gasteiger partial charge on any atom is 0.290 e. The minimum absolute atomic E-state index is 0.279. The maximum absolute atomic E-state index is 12.3. The fourth-order valence-corrected chi connectivity index (χ4v) is 2.33. The van der Waals surface area contributed by atoms with Gasteiger partial charge >= 0.3 is 0 Å². The molecule has 1 aliphatic rings. The summed E-state index contributed by atoms with van der Waals surface area (Å²) < 4.78 is 0. The number of carbonyl (C=O) groups is 2. The molecule has 3 rings (SSSR count). The zero-order valence-electron chi connectivity index (χ0n) is 11.6. The number of hydrogen-bond donors (Lipinski definition) is 3. The molecule has 2 aromatic rings. The van der Waals surface area contributed by atoms with E-state index in [0.717, 1.165) is 0 Å². The van der Waals surface area contributed by atoms with Crippen LogP contribution in [0, 0.1) is 0 Å². The molecular formula is C17H14N2O3. The predicted octanol–water partition coefficient (Wildman–Crippen LogP) is 2.55. The molecule has 0 saturated heterocycles. The number of fused-ring (bicyclic) bond motifs is 1. The van der Waals surface area contributed by atoms with Crippen LogP contribution in [-0.2, 0) is 4.79 Å². The third kappa shape index (κ3) is 2.69. The first-order valence-corrected chi connectivity index (χ1v) is 6.82. The lowest BCUT2D eigenvalue weighted by molar-refractivity contribution is -0.115. The van der Waals surface area contributed by atoms with Crippen molar-refractivity contribution in [2.45, 2.75) is 6.04 Å². The Kier molecular flexibility index (Phi) is 3.62. The number of benzene rings is 2. The van der Waals surface area contributed by atoms with Crippen LogP contribution in [0.4, 0.5) is 5.69 Å². The molecule has 2 aromatic carbocycles. The van der Waals surface area contributed by atoms with Crippen molar-refractivity contribution >= 4 is 17.5 Å². The number of aliphatic hydroxyl groups excluding tert-OH is 1. The highest BCUT2D eigenvalue weighted by Crippen LogP contribution is 2.28. The van der Waals surface area contributed by atoms with Gasteiger partial charge in [0.05, 0.1) is 6.04 Å². The summed E-state index contributed by atoms with van der Waals surface area (Å²) >= 11 is 0. The van der Waals surface area contributed by atoms with Crippen molar-refractivity contribution in [3.63, 3.8) is 0 Å². The third-order valence-corrected chi connectivity index (χ3v) is 3.42. The summed E-state index contributed by atoms with van der Waals surface area (Å²) in [6.07, 6.45) is 1.34. The van der Waals surface area contributed by atoms with Gasteiger partial charge in [-0.2, -0.15) is 0 Å². The van der Waals surface area contributed by atoms with Crippen molar-refractivity contribution < 1.29 is 14.7 Å². The number of anilines is 1. The number of nitrogens with one attached hydrogen (secondary N) is 2. The van der Waals surface area contributed by atoms with E-state index in [1.807, 2.05) is 12.1 Å². The summed E-state index contributed by atoms with van der Waals surface area (Å²) in [4.78, 5) is 24.0. The van der Waals surface area contributed by atoms with E-state index >= 15 is 0 Å². The number of rotatable bonds is 2. The summed E-state index contributed by atoms with van der Waals surface area (Å²) in [5, 5.41) is 15.2. The second-order valence-corrected chi connectivity index (χ2v) is 4.91. The van der Waals surface area contributed by atoms with Crippen molar-refractivity contribution in [1.82, 2.24) is 5.32 Å². The van der Waals surface area contributed by atoms with Gasteiger partial charge in [-0.1, -0.05) is 36.4 Å². The van der Waals surface area contributed by atoms with Crippen molar-refractivity contribution in [3.8, 4) is 0 Å². The molecule has 22 heavy (non-hydrogen) atoms. The van der Waals surface area contributed by atoms with E-state index in [9.17, 15) is 14.7 Å². The highest BCUT2D eigenvalue weighted by Gasteiger charge is 2.23. The summed E-state index contributed by atoms with van der Waals surface area (Å²) in [5.74, 6) is -1.29. The molecule has 2 amide bonds. The predicted molar refractivity (Wildman–Crippen MR) is 82.4 cm³/mol. The highest BCUT2D eigenvalue weighted by molar-refractivity contribution is 6.04. The second-order valence-electron chi connectivity index (χ2n) is 4.91. The summed E-state index contributed by atoms with van der Waals surface area (Å²) in [6, 6.07) is 15.3. The molecule has 0 fully saturated rings. The Morgan fingerprint density at radius 2 is 1.73 bits per heavy atom. The molecule has 5 heteroatoms. The summed E-state index contributed by atoms with van der Waals surface area (Å²) in [6.45, 7) is 0. The number of para-hydroxylation sites is 1. The van der Waals surface area contributed by atoms with Crippen molar-refractivity contribution in [1.29, 1.82) is 0 Å². The van der Waals surface area contributed by atoms with Crippen molar-refractivity contribution in [3.05, 3.63) is 77.6 Å². The van der Waals surface area contributed by atoms with Crippen LogP contribution in [0.5, 0.6) is 0 Å². The van der Waals surface area contributed by atoms with Crippen molar-refractivity contribution in [2.75, 3.05) is 5.32 Å². The molecule has 3 N–H and O–H groups in total. The van der Waals surface area contributed by atoms with Gasteiger partial charge in [0.15, 0.2) is 5.76 Å². The number of hydrogen-bond acceptors (Lipinski definition) is 3. The molecule has 0 aliphatic carbocycles. The van der Waals surface area contributed by atoms with Crippen LogP contribution in [0.1, 0.15) is 22.0 Å². The minimum Gasteiger partial charge on any atom is -0.503 e. The molecule has 1 aliphatic heterocycles. The first-order valence-electron chi connectivity index (χ1n) is 6.82. The quantitative estimate of drug-likeness (QED) is 0.796. The minimum atomic E-state index is -0.595. The van der Waals surface area contributed by atoms with Gasteiger partial charge in [0, 0.05) is 16.8 Å². The molecule has 1 unspecified atom stereocenters. The van der Waals surface area contributed by atoms with Crippen LogP contribution in [0.2, 0.25) is 0 Å². The molecule has 0 aromatic heterocycles. The third-order valence-electron chi connectivity index (χ3n) is 3.42. The molecule has 110 valence electrons. The molecule has 1 heterocycles. The molecular weight excluding hydrogens is 280 g/mol. The van der Waals surface area contributed by atoms with Crippen LogP contribution < -0.4 is 10.6 Å². The van der Waals surface area contributed by atoms with E-state index in [4.69, 9.17) is 0 Å². The zero-order chi connectivity index (χ0) is 15.5. The summed E-state index contributed by atoms with van der Waals surface area (Å²) in [7, 11) is 0. The standard InChI is InChI=1S/C17H14N2O3/c20-15-10-14(19-16(21)11-6-2-1-3-7-11)12-8-4-5-9-13(12)18-17(15)22/h1-10,14,20H,(H,18,22)(H,19,21). The highest BCUT2D eigenvalue weighted by atomic mass is 16.3. The molecule has 0 radical (unpaired) electrons. The Bertz CT molecular complexity index is 754. The van der Waals surface area contributed by atoms with Gasteiger partial charge in [-0.25, -0.2) is 0 Å². The van der Waals surface area contributed by atoms with E-state index < -0.39 is 17.7 Å². The van der Waals surface area contributed by atoms with Crippen molar-refractivity contribution in [2.24, 2.45) is 0 Å². The monoisotopic (exact) mass is 294 g/mol. The average Bonchev–Trinajstić information content (AvgIpc) is 2.66. The number of amides is 2. The molecule has 1 atom stereocenters. The fraction of sp³-hybridized carbons (Fsp3) is 0.0588. The smallest absolute Gasteiger partial charge is 0.290 e. The summed E-state index contributed by atoms with van der Waals surface area (Å²) in [5.41, 5.74) is 1.78. The van der Waals surface area contributed by atoms with Gasteiger partial charge in [-0.05, 0) is 24.3 Å². The first-order chi connectivity index (χ1) is 10.6. The van der Waals surface area contributed by atoms with Gasteiger partial charge in [0.1, 0.15) is 0 Å². The lowest BCUT2D eigenvalue weighted by Crippen LogP contribution is -2.27. The van der Waals surface area contributed by atoms with Gasteiger partial charge in [0.25, 0.3) is 11.8 Å². The molecule has 0 saturated carbocycles. The topological polar surface area (TPSA) is 78.4 Å². The van der Waals surface area contributed by atoms with E-state index in [1.165, 1.54) is 6.08 Å².